The fourth-order valence-electron chi connectivity index (χ4n) is 4.14. The molecule has 1 aromatic heterocycles. The van der Waals surface area contributed by atoms with Crippen molar-refractivity contribution >= 4 is 17.8 Å². The standard InChI is InChI=1S/C31H35N5O3/c1-4-39-27-17-11-16-26(21-27)36-22-28(25-14-9-6-10-15-25)32-31(36)33-29(37)23-35(19-18-34(2)3)30(38)20-24-12-7-5-8-13-24/h5-17,21-22H,4,18-20,23H2,1-3H3,(H,32,33,37). The number of nitrogens with zero attached hydrogens (tertiary/aromatic N) is 4. The zero-order valence-electron chi connectivity index (χ0n) is 22.7. The maximum absolute atomic E-state index is 13.3. The lowest BCUT2D eigenvalue weighted by molar-refractivity contribution is -0.134. The third-order valence-corrected chi connectivity index (χ3v) is 6.14. The van der Waals surface area contributed by atoms with E-state index in [1.807, 2.05) is 122 Å². The number of imidazole rings is 1. The number of carbonyl (C=O) groups is 2. The van der Waals surface area contributed by atoms with Gasteiger partial charge in [-0.05, 0) is 38.7 Å². The Balaban J connectivity index is 1.58. The van der Waals surface area contributed by atoms with Gasteiger partial charge in [-0.3, -0.25) is 19.5 Å². The minimum absolute atomic E-state index is 0.0774. The van der Waals surface area contributed by atoms with Crippen LogP contribution in [0.15, 0.2) is 91.1 Å². The molecule has 0 bridgehead atoms. The minimum atomic E-state index is -0.317. The number of hydrogen-bond acceptors (Lipinski definition) is 5. The molecule has 4 rings (SSSR count). The quantitative estimate of drug-likeness (QED) is 0.294. The molecule has 0 atom stereocenters. The van der Waals surface area contributed by atoms with Gasteiger partial charge in [-0.15, -0.1) is 0 Å². The average molecular weight is 526 g/mol. The van der Waals surface area contributed by atoms with E-state index in [4.69, 9.17) is 9.72 Å². The highest BCUT2D eigenvalue weighted by molar-refractivity contribution is 5.94. The first-order chi connectivity index (χ1) is 18.9. The topological polar surface area (TPSA) is 79.7 Å². The molecule has 3 aromatic carbocycles. The van der Waals surface area contributed by atoms with E-state index in [1.54, 1.807) is 4.90 Å². The first-order valence-corrected chi connectivity index (χ1v) is 13.1. The second kappa shape index (κ2) is 13.4. The lowest BCUT2D eigenvalue weighted by Crippen LogP contribution is -2.42. The fraction of sp³-hybridized carbons (Fsp3) is 0.258. The third-order valence-electron chi connectivity index (χ3n) is 6.14. The zero-order valence-corrected chi connectivity index (χ0v) is 22.7. The van der Waals surface area contributed by atoms with E-state index < -0.39 is 0 Å². The monoisotopic (exact) mass is 525 g/mol. The van der Waals surface area contributed by atoms with Crippen molar-refractivity contribution in [2.24, 2.45) is 0 Å². The molecule has 39 heavy (non-hydrogen) atoms. The second-order valence-electron chi connectivity index (χ2n) is 9.45. The fourth-order valence-corrected chi connectivity index (χ4v) is 4.14. The van der Waals surface area contributed by atoms with Crippen LogP contribution in [0.4, 0.5) is 5.95 Å². The number of amides is 2. The van der Waals surface area contributed by atoms with Crippen LogP contribution in [0.3, 0.4) is 0 Å². The number of carbonyl (C=O) groups excluding carboxylic acids is 2. The van der Waals surface area contributed by atoms with Crippen LogP contribution in [0.25, 0.3) is 16.9 Å². The summed E-state index contributed by atoms with van der Waals surface area (Å²) in [5, 5.41) is 2.95. The van der Waals surface area contributed by atoms with Gasteiger partial charge in [-0.1, -0.05) is 66.7 Å². The number of hydrogen-bond donors (Lipinski definition) is 1. The summed E-state index contributed by atoms with van der Waals surface area (Å²) in [6.07, 6.45) is 2.12. The number of nitrogens with one attached hydrogen (secondary N) is 1. The van der Waals surface area contributed by atoms with Gasteiger partial charge < -0.3 is 14.5 Å². The molecule has 0 fully saturated rings. The number of anilines is 1. The van der Waals surface area contributed by atoms with Gasteiger partial charge in [0.25, 0.3) is 0 Å². The van der Waals surface area contributed by atoms with E-state index in [9.17, 15) is 9.59 Å². The van der Waals surface area contributed by atoms with Gasteiger partial charge >= 0.3 is 0 Å². The summed E-state index contributed by atoms with van der Waals surface area (Å²) >= 11 is 0. The smallest absolute Gasteiger partial charge is 0.246 e. The van der Waals surface area contributed by atoms with Crippen molar-refractivity contribution in [3.8, 4) is 22.7 Å². The molecule has 0 aliphatic carbocycles. The van der Waals surface area contributed by atoms with Crippen molar-refractivity contribution in [2.75, 3.05) is 45.7 Å². The molecule has 0 unspecified atom stereocenters. The normalized spacial score (nSPS) is 10.9. The van der Waals surface area contributed by atoms with Gasteiger partial charge in [0.05, 0.1) is 31.0 Å². The van der Waals surface area contributed by atoms with Crippen molar-refractivity contribution in [2.45, 2.75) is 13.3 Å². The third kappa shape index (κ3) is 7.78. The molecular formula is C31H35N5O3. The Kier molecular flexibility index (Phi) is 9.48. The van der Waals surface area contributed by atoms with Crippen LogP contribution in [0, 0.1) is 0 Å². The van der Waals surface area contributed by atoms with Crippen LogP contribution in [0.2, 0.25) is 0 Å². The molecule has 202 valence electrons. The van der Waals surface area contributed by atoms with Crippen molar-refractivity contribution in [3.05, 3.63) is 96.7 Å². The van der Waals surface area contributed by atoms with Crippen molar-refractivity contribution < 1.29 is 14.3 Å². The highest BCUT2D eigenvalue weighted by Gasteiger charge is 2.20. The van der Waals surface area contributed by atoms with E-state index in [1.165, 1.54) is 0 Å². The molecule has 8 heteroatoms. The molecule has 0 aliphatic rings. The van der Waals surface area contributed by atoms with E-state index in [2.05, 4.69) is 5.32 Å². The summed E-state index contributed by atoms with van der Waals surface area (Å²) in [4.78, 5) is 34.8. The van der Waals surface area contributed by atoms with Gasteiger partial charge in [0, 0.05) is 30.9 Å². The summed E-state index contributed by atoms with van der Waals surface area (Å²) in [5.74, 6) is 0.678. The molecule has 8 nitrogen and oxygen atoms in total. The number of rotatable bonds is 12. The van der Waals surface area contributed by atoms with Crippen LogP contribution < -0.4 is 10.1 Å². The summed E-state index contributed by atoms with van der Waals surface area (Å²) in [6.45, 7) is 3.49. The maximum Gasteiger partial charge on any atom is 0.246 e. The van der Waals surface area contributed by atoms with Gasteiger partial charge in [0.1, 0.15) is 5.75 Å². The summed E-state index contributed by atoms with van der Waals surface area (Å²) in [5.41, 5.74) is 3.36. The highest BCUT2D eigenvalue weighted by atomic mass is 16.5. The van der Waals surface area contributed by atoms with Crippen LogP contribution in [0.5, 0.6) is 5.75 Å². The number of benzene rings is 3. The second-order valence-corrected chi connectivity index (χ2v) is 9.45. The van der Waals surface area contributed by atoms with Crippen LogP contribution in [-0.2, 0) is 16.0 Å². The number of likely N-dealkylation sites (N-methyl/N-ethyl adjacent to an activating group) is 1. The average Bonchev–Trinajstić information content (AvgIpc) is 3.36. The summed E-state index contributed by atoms with van der Waals surface area (Å²) < 4.78 is 7.52. The van der Waals surface area contributed by atoms with Gasteiger partial charge in [0.2, 0.25) is 17.8 Å². The molecule has 1 N–H and O–H groups in total. The summed E-state index contributed by atoms with van der Waals surface area (Å²) in [6, 6.07) is 27.0. The minimum Gasteiger partial charge on any atom is -0.494 e. The van der Waals surface area contributed by atoms with Crippen molar-refractivity contribution in [1.29, 1.82) is 0 Å². The first kappa shape index (κ1) is 27.6. The van der Waals surface area contributed by atoms with Crippen LogP contribution >= 0.6 is 0 Å². The predicted octanol–water partition coefficient (Wildman–Crippen LogP) is 4.51. The van der Waals surface area contributed by atoms with E-state index in [0.29, 0.717) is 25.6 Å². The first-order valence-electron chi connectivity index (χ1n) is 13.1. The van der Waals surface area contributed by atoms with E-state index in [-0.39, 0.29) is 24.8 Å². The molecule has 0 spiro atoms. The Morgan fingerprint density at radius 2 is 1.64 bits per heavy atom. The number of aromatic nitrogens is 2. The highest BCUT2D eigenvalue weighted by Crippen LogP contribution is 2.26. The molecule has 0 radical (unpaired) electrons. The maximum atomic E-state index is 13.3. The van der Waals surface area contributed by atoms with E-state index >= 15 is 0 Å². The van der Waals surface area contributed by atoms with Crippen molar-refractivity contribution in [3.63, 3.8) is 0 Å². The van der Waals surface area contributed by atoms with Crippen molar-refractivity contribution in [1.82, 2.24) is 19.4 Å². The van der Waals surface area contributed by atoms with Crippen LogP contribution in [0.1, 0.15) is 12.5 Å². The Morgan fingerprint density at radius 3 is 2.33 bits per heavy atom. The molecule has 0 saturated carbocycles. The largest absolute Gasteiger partial charge is 0.494 e. The molecule has 0 aliphatic heterocycles. The Morgan fingerprint density at radius 1 is 0.923 bits per heavy atom. The number of ether oxygens (including phenoxy) is 1. The Labute approximate surface area is 229 Å². The Hall–Kier alpha value is -4.43. The van der Waals surface area contributed by atoms with Gasteiger partial charge in [-0.2, -0.15) is 0 Å². The zero-order chi connectivity index (χ0) is 27.6. The Bertz CT molecular complexity index is 1370. The molecule has 0 saturated heterocycles. The molecular weight excluding hydrogens is 490 g/mol. The van der Waals surface area contributed by atoms with Crippen LogP contribution in [-0.4, -0.2) is 71.5 Å². The molecule has 1 heterocycles. The SMILES string of the molecule is CCOc1cccc(-n2cc(-c3ccccc3)nc2NC(=O)CN(CCN(C)C)C(=O)Cc2ccccc2)c1. The lowest BCUT2D eigenvalue weighted by atomic mass is 10.1. The lowest BCUT2D eigenvalue weighted by Gasteiger charge is -2.24. The van der Waals surface area contributed by atoms with Gasteiger partial charge in [-0.25, -0.2) is 4.98 Å². The molecule has 4 aromatic rings. The molecule has 2 amide bonds. The predicted molar refractivity (Wildman–Crippen MR) is 154 cm³/mol. The van der Waals surface area contributed by atoms with Gasteiger partial charge in [0.15, 0.2) is 0 Å². The summed E-state index contributed by atoms with van der Waals surface area (Å²) in [7, 11) is 3.89. The van der Waals surface area contributed by atoms with E-state index in [0.717, 1.165) is 28.3 Å².